The molecule has 0 aliphatic rings. The number of hydrogen-bond acceptors (Lipinski definition) is 2. The molecule has 0 spiro atoms. The molecular formula is C20H26F3NO. The van der Waals surface area contributed by atoms with Crippen molar-refractivity contribution in [3.05, 3.63) is 58.9 Å². The molecule has 1 aromatic heterocycles. The summed E-state index contributed by atoms with van der Waals surface area (Å²) in [5, 5.41) is 0. The first-order chi connectivity index (χ1) is 11.5. The zero-order valence-corrected chi connectivity index (χ0v) is 15.6. The van der Waals surface area contributed by atoms with E-state index in [2.05, 4.69) is 35.7 Å². The van der Waals surface area contributed by atoms with E-state index >= 15 is 0 Å². The number of halogens is 3. The van der Waals surface area contributed by atoms with Gasteiger partial charge in [-0.05, 0) is 61.1 Å². The van der Waals surface area contributed by atoms with Gasteiger partial charge in [-0.2, -0.15) is 0 Å². The van der Waals surface area contributed by atoms with Crippen molar-refractivity contribution in [1.29, 1.82) is 0 Å². The van der Waals surface area contributed by atoms with Gasteiger partial charge < -0.3 is 4.74 Å². The molecule has 0 aliphatic carbocycles. The van der Waals surface area contributed by atoms with Gasteiger partial charge in [0.1, 0.15) is 5.75 Å². The van der Waals surface area contributed by atoms with Crippen LogP contribution in [0.5, 0.6) is 5.75 Å². The lowest BCUT2D eigenvalue weighted by Gasteiger charge is -2.11. The SMILES string of the molecule is CC(C)c1cccc(OC(F)(F)F)c1.Cc1cc(C(C)C)cc(C)n1. The maximum atomic E-state index is 11.9. The van der Waals surface area contributed by atoms with Crippen molar-refractivity contribution in [3.63, 3.8) is 0 Å². The maximum absolute atomic E-state index is 11.9. The monoisotopic (exact) mass is 353 g/mol. The highest BCUT2D eigenvalue weighted by Gasteiger charge is 2.31. The lowest BCUT2D eigenvalue weighted by molar-refractivity contribution is -0.274. The number of ether oxygens (including phenoxy) is 1. The van der Waals surface area contributed by atoms with Crippen molar-refractivity contribution < 1.29 is 17.9 Å². The maximum Gasteiger partial charge on any atom is 0.573 e. The zero-order chi connectivity index (χ0) is 19.2. The molecule has 25 heavy (non-hydrogen) atoms. The van der Waals surface area contributed by atoms with E-state index in [9.17, 15) is 13.2 Å². The summed E-state index contributed by atoms with van der Waals surface area (Å²) in [7, 11) is 0. The number of hydrogen-bond donors (Lipinski definition) is 0. The highest BCUT2D eigenvalue weighted by molar-refractivity contribution is 5.30. The second kappa shape index (κ2) is 8.88. The number of aryl methyl sites for hydroxylation is 2. The highest BCUT2D eigenvalue weighted by atomic mass is 19.4. The van der Waals surface area contributed by atoms with Gasteiger partial charge in [0.15, 0.2) is 0 Å². The Bertz CT molecular complexity index is 659. The largest absolute Gasteiger partial charge is 0.573 e. The highest BCUT2D eigenvalue weighted by Crippen LogP contribution is 2.25. The van der Waals surface area contributed by atoms with Crippen molar-refractivity contribution >= 4 is 0 Å². The number of pyridine rings is 1. The Labute approximate surface area is 148 Å². The van der Waals surface area contributed by atoms with Gasteiger partial charge >= 0.3 is 6.36 Å². The quantitative estimate of drug-likeness (QED) is 0.626. The molecule has 0 N–H and O–H groups in total. The van der Waals surface area contributed by atoms with Crippen LogP contribution in [-0.2, 0) is 0 Å². The molecule has 5 heteroatoms. The van der Waals surface area contributed by atoms with Crippen LogP contribution in [0.4, 0.5) is 13.2 Å². The van der Waals surface area contributed by atoms with Crippen molar-refractivity contribution in [2.24, 2.45) is 0 Å². The number of benzene rings is 1. The minimum absolute atomic E-state index is 0.163. The predicted octanol–water partition coefficient (Wildman–Crippen LogP) is 6.53. The Hall–Kier alpha value is -2.04. The van der Waals surface area contributed by atoms with Crippen LogP contribution < -0.4 is 4.74 Å². The molecule has 0 aliphatic heterocycles. The van der Waals surface area contributed by atoms with Crippen LogP contribution in [-0.4, -0.2) is 11.3 Å². The van der Waals surface area contributed by atoms with Crippen LogP contribution in [0.2, 0.25) is 0 Å². The van der Waals surface area contributed by atoms with E-state index in [1.54, 1.807) is 12.1 Å². The Balaban J connectivity index is 0.000000257. The molecule has 0 atom stereocenters. The third-order valence-electron chi connectivity index (χ3n) is 3.53. The fourth-order valence-electron chi connectivity index (χ4n) is 2.27. The van der Waals surface area contributed by atoms with Crippen molar-refractivity contribution in [1.82, 2.24) is 4.98 Å². The average Bonchev–Trinajstić information content (AvgIpc) is 2.45. The average molecular weight is 353 g/mol. The van der Waals surface area contributed by atoms with E-state index in [1.807, 2.05) is 27.7 Å². The number of aromatic nitrogens is 1. The number of rotatable bonds is 3. The van der Waals surface area contributed by atoms with Gasteiger partial charge in [0.05, 0.1) is 0 Å². The van der Waals surface area contributed by atoms with E-state index in [4.69, 9.17) is 0 Å². The molecule has 2 aromatic rings. The molecule has 0 saturated carbocycles. The van der Waals surface area contributed by atoms with Gasteiger partial charge in [-0.25, -0.2) is 0 Å². The summed E-state index contributed by atoms with van der Waals surface area (Å²) in [5.74, 6) is 0.630. The third kappa shape index (κ3) is 8.05. The molecule has 0 bridgehead atoms. The second-order valence-corrected chi connectivity index (χ2v) is 6.61. The normalized spacial score (nSPS) is 11.3. The van der Waals surface area contributed by atoms with Crippen molar-refractivity contribution in [2.75, 3.05) is 0 Å². The van der Waals surface area contributed by atoms with E-state index in [1.165, 1.54) is 17.7 Å². The first-order valence-electron chi connectivity index (χ1n) is 8.29. The minimum atomic E-state index is -4.62. The Morgan fingerprint density at radius 2 is 1.36 bits per heavy atom. The molecular weight excluding hydrogens is 327 g/mol. The molecule has 0 fully saturated rings. The minimum Gasteiger partial charge on any atom is -0.406 e. The van der Waals surface area contributed by atoms with Gasteiger partial charge in [-0.3, -0.25) is 4.98 Å². The Morgan fingerprint density at radius 3 is 1.80 bits per heavy atom. The van der Waals surface area contributed by atoms with Gasteiger partial charge in [-0.1, -0.05) is 39.8 Å². The van der Waals surface area contributed by atoms with Gasteiger partial charge in [0, 0.05) is 11.4 Å². The van der Waals surface area contributed by atoms with Crippen LogP contribution in [0.3, 0.4) is 0 Å². The summed E-state index contributed by atoms with van der Waals surface area (Å²) in [5.41, 5.74) is 4.45. The van der Waals surface area contributed by atoms with Gasteiger partial charge in [-0.15, -0.1) is 13.2 Å². The zero-order valence-electron chi connectivity index (χ0n) is 15.6. The first kappa shape index (κ1) is 21.0. The van der Waals surface area contributed by atoms with Crippen molar-refractivity contribution in [2.45, 2.75) is 59.7 Å². The topological polar surface area (TPSA) is 22.1 Å². The molecule has 138 valence electrons. The lowest BCUT2D eigenvalue weighted by atomic mass is 10.0. The second-order valence-electron chi connectivity index (χ2n) is 6.61. The van der Waals surface area contributed by atoms with Gasteiger partial charge in [0.25, 0.3) is 0 Å². The predicted molar refractivity (Wildman–Crippen MR) is 95.0 cm³/mol. The molecule has 0 radical (unpaired) electrons. The summed E-state index contributed by atoms with van der Waals surface area (Å²) in [6, 6.07) is 10.3. The van der Waals surface area contributed by atoms with E-state index in [-0.39, 0.29) is 11.7 Å². The van der Waals surface area contributed by atoms with E-state index < -0.39 is 6.36 Å². The number of nitrogens with zero attached hydrogens (tertiary/aromatic N) is 1. The molecule has 0 saturated heterocycles. The standard InChI is InChI=1S/C10H11F3O.C10H15N/c1-7(2)8-4-3-5-9(6-8)14-10(11,12)13;1-7(2)10-5-8(3)11-9(4)6-10/h3-7H,1-2H3;5-7H,1-4H3. The first-order valence-corrected chi connectivity index (χ1v) is 8.29. The van der Waals surface area contributed by atoms with Crippen molar-refractivity contribution in [3.8, 4) is 5.75 Å². The van der Waals surface area contributed by atoms with E-state index in [0.29, 0.717) is 5.92 Å². The Kier molecular flexibility index (Phi) is 7.46. The van der Waals surface area contributed by atoms with Crippen LogP contribution >= 0.6 is 0 Å². The molecule has 1 heterocycles. The third-order valence-corrected chi connectivity index (χ3v) is 3.53. The Morgan fingerprint density at radius 1 is 0.840 bits per heavy atom. The summed E-state index contributed by atoms with van der Waals surface area (Å²) in [6.45, 7) is 12.3. The molecule has 1 aromatic carbocycles. The summed E-state index contributed by atoms with van der Waals surface area (Å²) in [6.07, 6.45) is -4.62. The van der Waals surface area contributed by atoms with Crippen LogP contribution in [0, 0.1) is 13.8 Å². The fourth-order valence-corrected chi connectivity index (χ4v) is 2.27. The van der Waals surface area contributed by atoms with E-state index in [0.717, 1.165) is 17.0 Å². The number of alkyl halides is 3. The molecule has 0 amide bonds. The summed E-state index contributed by atoms with van der Waals surface area (Å²) < 4.78 is 39.3. The molecule has 2 nitrogen and oxygen atoms in total. The smallest absolute Gasteiger partial charge is 0.406 e. The summed E-state index contributed by atoms with van der Waals surface area (Å²) in [4.78, 5) is 4.32. The molecule has 2 rings (SSSR count). The lowest BCUT2D eigenvalue weighted by Crippen LogP contribution is -2.17. The van der Waals surface area contributed by atoms with Crippen LogP contribution in [0.1, 0.15) is 62.0 Å². The summed E-state index contributed by atoms with van der Waals surface area (Å²) >= 11 is 0. The van der Waals surface area contributed by atoms with Gasteiger partial charge in [0.2, 0.25) is 0 Å². The van der Waals surface area contributed by atoms with Crippen LogP contribution in [0.15, 0.2) is 36.4 Å². The van der Waals surface area contributed by atoms with Crippen LogP contribution in [0.25, 0.3) is 0 Å². The fraction of sp³-hybridized carbons (Fsp3) is 0.450. The molecule has 0 unspecified atom stereocenters.